The van der Waals surface area contributed by atoms with Gasteiger partial charge in [0.05, 0.1) is 11.2 Å². The molecule has 2 heteroatoms. The Morgan fingerprint density at radius 2 is 1.54 bits per heavy atom. The van der Waals surface area contributed by atoms with E-state index in [1.807, 2.05) is 0 Å². The third kappa shape index (κ3) is 2.97. The molecule has 1 aliphatic heterocycles. The first-order chi connectivity index (χ1) is 13.8. The summed E-state index contributed by atoms with van der Waals surface area (Å²) in [6, 6.07) is 32.1. The lowest BCUT2D eigenvalue weighted by Gasteiger charge is -2.32. The van der Waals surface area contributed by atoms with Crippen molar-refractivity contribution in [2.45, 2.75) is 6.42 Å². The largest absolute Gasteiger partial charge is 0.370 e. The number of fused-ring (bicyclic) bond motifs is 2. The maximum Gasteiger partial charge on any atom is 0.0709 e. The van der Waals surface area contributed by atoms with Crippen molar-refractivity contribution in [3.05, 3.63) is 108 Å². The van der Waals surface area contributed by atoms with Crippen LogP contribution in [0.2, 0.25) is 0 Å². The highest BCUT2D eigenvalue weighted by Crippen LogP contribution is 2.39. The second-order valence-corrected chi connectivity index (χ2v) is 7.38. The molecule has 0 fully saturated rings. The van der Waals surface area contributed by atoms with E-state index in [-0.39, 0.29) is 0 Å². The van der Waals surface area contributed by atoms with Crippen molar-refractivity contribution in [3.63, 3.8) is 0 Å². The Kier molecular flexibility index (Phi) is 4.17. The van der Waals surface area contributed by atoms with E-state index < -0.39 is 0 Å². The van der Waals surface area contributed by atoms with E-state index in [4.69, 9.17) is 4.98 Å². The second-order valence-electron chi connectivity index (χ2n) is 7.38. The molecule has 1 aromatic heterocycles. The molecule has 0 aliphatic carbocycles. The van der Waals surface area contributed by atoms with Gasteiger partial charge in [-0.1, -0.05) is 72.8 Å². The molecule has 2 heterocycles. The van der Waals surface area contributed by atoms with Crippen molar-refractivity contribution < 1.29 is 0 Å². The first-order valence-electron chi connectivity index (χ1n) is 9.72. The topological polar surface area (TPSA) is 16.1 Å². The van der Waals surface area contributed by atoms with Crippen molar-refractivity contribution in [1.82, 2.24) is 4.98 Å². The van der Waals surface area contributed by atoms with Crippen molar-refractivity contribution in [2.24, 2.45) is 0 Å². The number of anilines is 1. The Bertz CT molecular complexity index is 1180. The summed E-state index contributed by atoms with van der Waals surface area (Å²) in [6.45, 7) is 0.866. The van der Waals surface area contributed by atoms with Crippen LogP contribution >= 0.6 is 0 Å². The summed E-state index contributed by atoms with van der Waals surface area (Å²) in [5, 5.41) is 1.18. The van der Waals surface area contributed by atoms with Crippen LogP contribution in [0.25, 0.3) is 22.0 Å². The maximum absolute atomic E-state index is 5.01. The molecular formula is C26H22N2. The van der Waals surface area contributed by atoms with Gasteiger partial charge in [-0.25, -0.2) is 4.98 Å². The molecule has 2 nitrogen and oxygen atoms in total. The Balaban J connectivity index is 1.71. The molecule has 0 bridgehead atoms. The Morgan fingerprint density at radius 1 is 0.786 bits per heavy atom. The van der Waals surface area contributed by atoms with Gasteiger partial charge in [0.15, 0.2) is 0 Å². The number of pyridine rings is 1. The van der Waals surface area contributed by atoms with Crippen LogP contribution in [-0.4, -0.2) is 18.6 Å². The van der Waals surface area contributed by atoms with Gasteiger partial charge in [-0.15, -0.1) is 0 Å². The monoisotopic (exact) mass is 362 g/mol. The van der Waals surface area contributed by atoms with Crippen molar-refractivity contribution in [3.8, 4) is 0 Å². The smallest absolute Gasteiger partial charge is 0.0709 e. The van der Waals surface area contributed by atoms with Gasteiger partial charge in [0.25, 0.3) is 0 Å². The molecule has 0 amide bonds. The molecule has 0 saturated carbocycles. The fourth-order valence-electron chi connectivity index (χ4n) is 4.11. The Morgan fingerprint density at radius 3 is 2.43 bits per heavy atom. The number of hydrogen-bond donors (Lipinski definition) is 0. The van der Waals surface area contributed by atoms with Gasteiger partial charge in [0.2, 0.25) is 0 Å². The third-order valence-electron chi connectivity index (χ3n) is 5.53. The van der Waals surface area contributed by atoms with Gasteiger partial charge in [-0.3, -0.25) is 0 Å². The zero-order valence-electron chi connectivity index (χ0n) is 16.0. The summed E-state index contributed by atoms with van der Waals surface area (Å²) in [4.78, 5) is 7.34. The van der Waals surface area contributed by atoms with Gasteiger partial charge >= 0.3 is 0 Å². The fourth-order valence-corrected chi connectivity index (χ4v) is 4.11. The van der Waals surface area contributed by atoms with Crippen LogP contribution in [-0.2, 0) is 6.42 Å². The van der Waals surface area contributed by atoms with Crippen molar-refractivity contribution in [1.29, 1.82) is 0 Å². The van der Waals surface area contributed by atoms with Crippen LogP contribution in [0.3, 0.4) is 0 Å². The number of rotatable bonds is 3. The predicted molar refractivity (Wildman–Crippen MR) is 118 cm³/mol. The Hall–Kier alpha value is -3.39. The highest BCUT2D eigenvalue weighted by Gasteiger charge is 2.24. The molecule has 0 saturated heterocycles. The highest BCUT2D eigenvalue weighted by atomic mass is 15.1. The minimum atomic E-state index is 0.866. The molecule has 0 unspecified atom stereocenters. The van der Waals surface area contributed by atoms with Gasteiger partial charge in [-0.05, 0) is 35.8 Å². The van der Waals surface area contributed by atoms with E-state index in [2.05, 4.69) is 103 Å². The van der Waals surface area contributed by atoms with Crippen LogP contribution in [0.4, 0.5) is 5.69 Å². The normalized spacial score (nSPS) is 13.7. The number of hydrogen-bond acceptors (Lipinski definition) is 2. The van der Waals surface area contributed by atoms with E-state index in [1.54, 1.807) is 0 Å². The molecule has 1 aliphatic rings. The minimum Gasteiger partial charge on any atom is -0.370 e. The first-order valence-corrected chi connectivity index (χ1v) is 9.72. The van der Waals surface area contributed by atoms with E-state index in [0.29, 0.717) is 0 Å². The number of allylic oxidation sites excluding steroid dienone is 1. The number of benzene rings is 3. The summed E-state index contributed by atoms with van der Waals surface area (Å²) < 4.78 is 0. The second kappa shape index (κ2) is 6.97. The summed E-state index contributed by atoms with van der Waals surface area (Å²) in [5.74, 6) is 0. The molecule has 0 spiro atoms. The standard InChI is InChI=1S/C26H22N2/c1-28-18-23(25-16-15-20-11-5-7-13-24(20)27-25)22(17-19-9-3-2-4-10-19)21-12-6-8-14-26(21)28/h2-16H,17-18H2,1H3. The quantitative estimate of drug-likeness (QED) is 0.455. The minimum absolute atomic E-state index is 0.866. The summed E-state index contributed by atoms with van der Waals surface area (Å²) in [6.07, 6.45) is 0.912. The third-order valence-corrected chi connectivity index (χ3v) is 5.53. The molecule has 4 aromatic rings. The summed E-state index contributed by atoms with van der Waals surface area (Å²) >= 11 is 0. The average molecular weight is 362 g/mol. The van der Waals surface area contributed by atoms with Crippen molar-refractivity contribution >= 4 is 27.7 Å². The van der Waals surface area contributed by atoms with E-state index in [1.165, 1.54) is 33.3 Å². The van der Waals surface area contributed by atoms with E-state index in [9.17, 15) is 0 Å². The Labute approximate surface area is 165 Å². The molecule has 0 N–H and O–H groups in total. The van der Waals surface area contributed by atoms with Gasteiger partial charge in [-0.2, -0.15) is 0 Å². The fraction of sp³-hybridized carbons (Fsp3) is 0.115. The SMILES string of the molecule is CN1CC(c2ccc3ccccc3n2)=C(Cc2ccccc2)c2ccccc21. The first kappa shape index (κ1) is 16.8. The average Bonchev–Trinajstić information content (AvgIpc) is 2.76. The number of para-hydroxylation sites is 2. The van der Waals surface area contributed by atoms with Gasteiger partial charge < -0.3 is 4.90 Å². The molecule has 3 aromatic carbocycles. The van der Waals surface area contributed by atoms with Crippen molar-refractivity contribution in [2.75, 3.05) is 18.5 Å². The van der Waals surface area contributed by atoms with Crippen LogP contribution in [0.15, 0.2) is 91.0 Å². The zero-order valence-corrected chi connectivity index (χ0v) is 16.0. The van der Waals surface area contributed by atoms with Crippen LogP contribution < -0.4 is 4.90 Å². The van der Waals surface area contributed by atoms with E-state index >= 15 is 0 Å². The maximum atomic E-state index is 5.01. The molecule has 5 rings (SSSR count). The molecule has 28 heavy (non-hydrogen) atoms. The van der Waals surface area contributed by atoms with Crippen LogP contribution in [0.5, 0.6) is 0 Å². The molecule has 136 valence electrons. The summed E-state index contributed by atoms with van der Waals surface area (Å²) in [7, 11) is 2.17. The molecular weight excluding hydrogens is 340 g/mol. The summed E-state index contributed by atoms with van der Waals surface area (Å²) in [5.41, 5.74) is 8.75. The number of nitrogens with zero attached hydrogens (tertiary/aromatic N) is 2. The lowest BCUT2D eigenvalue weighted by atomic mass is 9.87. The van der Waals surface area contributed by atoms with Gasteiger partial charge in [0, 0.05) is 35.8 Å². The van der Waals surface area contributed by atoms with Crippen LogP contribution in [0.1, 0.15) is 16.8 Å². The van der Waals surface area contributed by atoms with Gasteiger partial charge in [0.1, 0.15) is 0 Å². The molecule has 0 atom stereocenters. The van der Waals surface area contributed by atoms with E-state index in [0.717, 1.165) is 24.2 Å². The predicted octanol–water partition coefficient (Wildman–Crippen LogP) is 5.84. The number of likely N-dealkylation sites (N-methyl/N-ethyl adjacent to an activating group) is 1. The highest BCUT2D eigenvalue weighted by molar-refractivity contribution is 5.99. The number of aromatic nitrogens is 1. The lowest BCUT2D eigenvalue weighted by Crippen LogP contribution is -2.26. The zero-order chi connectivity index (χ0) is 18.9. The lowest BCUT2D eigenvalue weighted by molar-refractivity contribution is 1.01. The van der Waals surface area contributed by atoms with Crippen LogP contribution in [0, 0.1) is 0 Å². The molecule has 0 radical (unpaired) electrons.